The molecule has 0 saturated heterocycles. The van der Waals surface area contributed by atoms with Gasteiger partial charge in [0.1, 0.15) is 12.4 Å². The van der Waals surface area contributed by atoms with Gasteiger partial charge in [-0.25, -0.2) is 9.18 Å². The number of carboxylic acids is 1. The lowest BCUT2D eigenvalue weighted by molar-refractivity contribution is -0.137. The van der Waals surface area contributed by atoms with Crippen molar-refractivity contribution in [3.05, 3.63) is 29.6 Å². The molecule has 0 saturated carbocycles. The Kier molecular flexibility index (Phi) is 5.67. The summed E-state index contributed by atoms with van der Waals surface area (Å²) >= 11 is 0. The van der Waals surface area contributed by atoms with Gasteiger partial charge in [-0.2, -0.15) is 5.26 Å². The molecule has 0 atom stereocenters. The molecule has 1 aromatic rings. The van der Waals surface area contributed by atoms with Crippen molar-refractivity contribution in [3.8, 4) is 6.07 Å². The first-order chi connectivity index (χ1) is 9.83. The van der Waals surface area contributed by atoms with Crippen LogP contribution in [0.5, 0.6) is 0 Å². The summed E-state index contributed by atoms with van der Waals surface area (Å²) in [6.45, 7) is 3.44. The van der Waals surface area contributed by atoms with Crippen LogP contribution in [0, 0.1) is 23.1 Å². The second kappa shape index (κ2) is 7.24. The first kappa shape index (κ1) is 16.4. The number of nitrogens with zero attached hydrogens (tertiary/aromatic N) is 2. The Morgan fingerprint density at radius 2 is 2.14 bits per heavy atom. The fourth-order valence-corrected chi connectivity index (χ4v) is 1.70. The van der Waals surface area contributed by atoms with Crippen LogP contribution < -0.4 is 5.32 Å². The lowest BCUT2D eigenvalue weighted by Crippen LogP contribution is -2.41. The van der Waals surface area contributed by atoms with Crippen molar-refractivity contribution in [3.63, 3.8) is 0 Å². The molecule has 7 heteroatoms. The van der Waals surface area contributed by atoms with Gasteiger partial charge in [0, 0.05) is 6.54 Å². The van der Waals surface area contributed by atoms with E-state index in [2.05, 4.69) is 5.32 Å². The minimum absolute atomic E-state index is 0.0703. The number of carboxylic acid groups (broad SMARTS) is 1. The molecule has 1 rings (SSSR count). The average molecular weight is 293 g/mol. The topological polar surface area (TPSA) is 93.4 Å². The number of carbonyl (C=O) groups excluding carboxylic acids is 1. The van der Waals surface area contributed by atoms with Gasteiger partial charge in [-0.15, -0.1) is 0 Å². The van der Waals surface area contributed by atoms with E-state index >= 15 is 0 Å². The maximum atomic E-state index is 13.7. The molecule has 0 aromatic heterocycles. The number of benzene rings is 1. The highest BCUT2D eigenvalue weighted by Gasteiger charge is 2.19. The van der Waals surface area contributed by atoms with E-state index in [9.17, 15) is 14.0 Å². The summed E-state index contributed by atoms with van der Waals surface area (Å²) in [5.74, 6) is -1.82. The van der Waals surface area contributed by atoms with Crippen molar-refractivity contribution in [2.45, 2.75) is 13.8 Å². The summed E-state index contributed by atoms with van der Waals surface area (Å²) in [6.07, 6.45) is 0. The molecular formula is C14H16FN3O3. The lowest BCUT2D eigenvalue weighted by Gasteiger charge is -2.23. The molecule has 2 amide bonds. The number of carbonyl (C=O) groups is 2. The van der Waals surface area contributed by atoms with E-state index in [1.807, 2.05) is 13.8 Å². The second-order valence-electron chi connectivity index (χ2n) is 4.90. The average Bonchev–Trinajstić information content (AvgIpc) is 2.39. The first-order valence-electron chi connectivity index (χ1n) is 6.31. The fourth-order valence-electron chi connectivity index (χ4n) is 1.70. The number of halogens is 1. The molecule has 0 fully saturated rings. The van der Waals surface area contributed by atoms with Gasteiger partial charge in [0.05, 0.1) is 17.3 Å². The highest BCUT2D eigenvalue weighted by atomic mass is 19.1. The number of urea groups is 1. The zero-order valence-electron chi connectivity index (χ0n) is 11.8. The number of aliphatic carboxylic acids is 1. The number of hydrogen-bond acceptors (Lipinski definition) is 3. The number of nitrogens with one attached hydrogen (secondary N) is 1. The number of amides is 2. The van der Waals surface area contributed by atoms with Gasteiger partial charge in [0.2, 0.25) is 0 Å². The number of hydrogen-bond donors (Lipinski definition) is 2. The molecule has 0 unspecified atom stereocenters. The fraction of sp³-hybridized carbons (Fsp3) is 0.357. The van der Waals surface area contributed by atoms with E-state index in [0.29, 0.717) is 0 Å². The Balaban J connectivity index is 2.86. The molecule has 112 valence electrons. The second-order valence-corrected chi connectivity index (χ2v) is 4.90. The largest absolute Gasteiger partial charge is 0.480 e. The number of nitriles is 1. The third kappa shape index (κ3) is 5.10. The molecular weight excluding hydrogens is 277 g/mol. The standard InChI is InChI=1S/C14H16FN3O3/c1-9(2)7-18(8-13(19)20)14(21)17-12-4-3-10(6-16)5-11(12)15/h3-5,9H,7-8H2,1-2H3,(H,17,21)(H,19,20). The molecule has 0 aliphatic rings. The Hall–Kier alpha value is -2.62. The van der Waals surface area contributed by atoms with E-state index in [-0.39, 0.29) is 23.7 Å². The van der Waals surface area contributed by atoms with Crippen LogP contribution in [0.4, 0.5) is 14.9 Å². The highest BCUT2D eigenvalue weighted by molar-refractivity contribution is 5.91. The molecule has 2 N–H and O–H groups in total. The third-order valence-electron chi connectivity index (χ3n) is 2.54. The van der Waals surface area contributed by atoms with Gasteiger partial charge in [-0.3, -0.25) is 4.79 Å². The van der Waals surface area contributed by atoms with Crippen LogP contribution in [0.3, 0.4) is 0 Å². The van der Waals surface area contributed by atoms with Crippen molar-refractivity contribution in [2.75, 3.05) is 18.4 Å². The molecule has 21 heavy (non-hydrogen) atoms. The predicted octanol–water partition coefficient (Wildman–Crippen LogP) is 2.27. The van der Waals surface area contributed by atoms with Crippen LogP contribution in [-0.2, 0) is 4.79 Å². The summed E-state index contributed by atoms with van der Waals surface area (Å²) in [4.78, 5) is 23.9. The Morgan fingerprint density at radius 1 is 1.48 bits per heavy atom. The van der Waals surface area contributed by atoms with E-state index in [1.165, 1.54) is 12.1 Å². The van der Waals surface area contributed by atoms with E-state index in [0.717, 1.165) is 11.0 Å². The molecule has 0 aliphatic carbocycles. The Labute approximate surface area is 121 Å². The number of anilines is 1. The van der Waals surface area contributed by atoms with E-state index in [1.54, 1.807) is 6.07 Å². The van der Waals surface area contributed by atoms with Gasteiger partial charge < -0.3 is 15.3 Å². The molecule has 1 aromatic carbocycles. The monoisotopic (exact) mass is 293 g/mol. The zero-order chi connectivity index (χ0) is 16.0. The highest BCUT2D eigenvalue weighted by Crippen LogP contribution is 2.16. The van der Waals surface area contributed by atoms with Crippen molar-refractivity contribution >= 4 is 17.7 Å². The molecule has 6 nitrogen and oxygen atoms in total. The summed E-state index contributed by atoms with van der Waals surface area (Å²) in [6, 6.07) is 4.71. The molecule has 0 heterocycles. The SMILES string of the molecule is CC(C)CN(CC(=O)O)C(=O)Nc1ccc(C#N)cc1F. The predicted molar refractivity (Wildman–Crippen MR) is 74.2 cm³/mol. The van der Waals surface area contributed by atoms with Crippen LogP contribution >= 0.6 is 0 Å². The van der Waals surface area contributed by atoms with Crippen LogP contribution in [0.15, 0.2) is 18.2 Å². The minimum atomic E-state index is -1.15. The minimum Gasteiger partial charge on any atom is -0.480 e. The van der Waals surface area contributed by atoms with Gasteiger partial charge in [-0.05, 0) is 24.1 Å². The maximum absolute atomic E-state index is 13.7. The van der Waals surface area contributed by atoms with Crippen LogP contribution in [0.1, 0.15) is 19.4 Å². The molecule has 0 radical (unpaired) electrons. The van der Waals surface area contributed by atoms with E-state index < -0.39 is 24.4 Å². The quantitative estimate of drug-likeness (QED) is 0.870. The van der Waals surface area contributed by atoms with Crippen LogP contribution in [-0.4, -0.2) is 35.1 Å². The van der Waals surface area contributed by atoms with Crippen molar-refractivity contribution in [1.29, 1.82) is 5.26 Å². The van der Waals surface area contributed by atoms with Gasteiger partial charge in [0.25, 0.3) is 0 Å². The van der Waals surface area contributed by atoms with Crippen molar-refractivity contribution in [2.24, 2.45) is 5.92 Å². The summed E-state index contributed by atoms with van der Waals surface area (Å²) in [5.41, 5.74) is 0.0354. The normalized spacial score (nSPS) is 10.0. The third-order valence-corrected chi connectivity index (χ3v) is 2.54. The first-order valence-corrected chi connectivity index (χ1v) is 6.31. The Bertz CT molecular complexity index is 581. The van der Waals surface area contributed by atoms with Gasteiger partial charge >= 0.3 is 12.0 Å². The Morgan fingerprint density at radius 3 is 2.62 bits per heavy atom. The summed E-state index contributed by atoms with van der Waals surface area (Å²) in [5, 5.41) is 19.8. The van der Waals surface area contributed by atoms with Crippen LogP contribution in [0.25, 0.3) is 0 Å². The maximum Gasteiger partial charge on any atom is 0.323 e. The van der Waals surface area contributed by atoms with Crippen LogP contribution in [0.2, 0.25) is 0 Å². The molecule has 0 aliphatic heterocycles. The van der Waals surface area contributed by atoms with E-state index in [4.69, 9.17) is 10.4 Å². The van der Waals surface area contributed by atoms with Crippen molar-refractivity contribution in [1.82, 2.24) is 4.90 Å². The number of rotatable bonds is 5. The zero-order valence-corrected chi connectivity index (χ0v) is 11.8. The van der Waals surface area contributed by atoms with Crippen molar-refractivity contribution < 1.29 is 19.1 Å². The smallest absolute Gasteiger partial charge is 0.323 e. The van der Waals surface area contributed by atoms with Gasteiger partial charge in [-0.1, -0.05) is 13.8 Å². The van der Waals surface area contributed by atoms with Gasteiger partial charge in [0.15, 0.2) is 0 Å². The summed E-state index contributed by atoms with van der Waals surface area (Å²) in [7, 11) is 0. The molecule has 0 spiro atoms. The molecule has 0 bridgehead atoms. The lowest BCUT2D eigenvalue weighted by atomic mass is 10.2. The summed E-state index contributed by atoms with van der Waals surface area (Å²) < 4.78 is 13.7.